The number of nitrogens with zero attached hydrogens (tertiary/aromatic N) is 1. The largest absolute Gasteiger partial charge is 0.492 e. The summed E-state index contributed by atoms with van der Waals surface area (Å²) in [5.41, 5.74) is 3.79. The first-order valence-corrected chi connectivity index (χ1v) is 15.2. The summed E-state index contributed by atoms with van der Waals surface area (Å²) in [5, 5.41) is 2.80. The standard InChI is InChI=1S/C33H31FN2O6S/c1-22-7-16-29(34)28(19-22)24-10-14-27(15-11-24)43(39,40)36-30-6-4-3-5-25(30)21-31(36)33(38)35-17-18-42-26-12-8-23(9-13-26)20-32(37)41-2/h3-16,19,31H,17-18,20-21H2,1-2H3,(H,35,38)/t31-/m0/s1. The van der Waals surface area contributed by atoms with E-state index in [4.69, 9.17) is 4.74 Å². The number of hydrogen-bond donors (Lipinski definition) is 1. The van der Waals surface area contributed by atoms with Crippen LogP contribution in [0.5, 0.6) is 5.75 Å². The first-order valence-electron chi connectivity index (χ1n) is 13.7. The minimum Gasteiger partial charge on any atom is -0.492 e. The number of ether oxygens (including phenoxy) is 2. The van der Waals surface area contributed by atoms with E-state index in [0.717, 1.165) is 16.7 Å². The van der Waals surface area contributed by atoms with Crippen LogP contribution in [-0.2, 0) is 37.2 Å². The number of nitrogens with one attached hydrogen (secondary N) is 1. The zero-order valence-corrected chi connectivity index (χ0v) is 24.6. The Morgan fingerprint density at radius 3 is 2.42 bits per heavy atom. The lowest BCUT2D eigenvalue weighted by Gasteiger charge is -2.26. The third-order valence-corrected chi connectivity index (χ3v) is 9.08. The minimum atomic E-state index is -4.14. The van der Waals surface area contributed by atoms with E-state index >= 15 is 0 Å². The first-order chi connectivity index (χ1) is 20.7. The molecule has 4 aromatic rings. The number of benzene rings is 4. The fraction of sp³-hybridized carbons (Fsp3) is 0.212. The molecule has 5 rings (SSSR count). The van der Waals surface area contributed by atoms with Crippen LogP contribution in [0, 0.1) is 12.7 Å². The second kappa shape index (κ2) is 12.7. The Labute approximate surface area is 250 Å². The van der Waals surface area contributed by atoms with E-state index in [2.05, 4.69) is 10.1 Å². The fourth-order valence-electron chi connectivity index (χ4n) is 5.04. The number of para-hydroxylation sites is 1. The first kappa shape index (κ1) is 29.8. The number of rotatable bonds is 10. The van der Waals surface area contributed by atoms with Crippen LogP contribution in [0.1, 0.15) is 16.7 Å². The number of amides is 1. The number of halogens is 1. The lowest BCUT2D eigenvalue weighted by atomic mass is 10.0. The van der Waals surface area contributed by atoms with E-state index in [1.165, 1.54) is 29.6 Å². The van der Waals surface area contributed by atoms with Crippen molar-refractivity contribution in [2.75, 3.05) is 24.6 Å². The molecule has 1 heterocycles. The molecular formula is C33H31FN2O6S. The third-order valence-electron chi connectivity index (χ3n) is 7.24. The van der Waals surface area contributed by atoms with E-state index in [1.54, 1.807) is 66.7 Å². The number of carbonyl (C=O) groups is 2. The Kier molecular flexibility index (Phi) is 8.77. The molecule has 10 heteroatoms. The second-order valence-corrected chi connectivity index (χ2v) is 12.0. The van der Waals surface area contributed by atoms with E-state index in [0.29, 0.717) is 22.6 Å². The molecular weight excluding hydrogens is 571 g/mol. The van der Waals surface area contributed by atoms with Gasteiger partial charge in [0.15, 0.2) is 0 Å². The van der Waals surface area contributed by atoms with E-state index < -0.39 is 27.8 Å². The number of methoxy groups -OCH3 is 1. The number of carbonyl (C=O) groups excluding carboxylic acids is 2. The van der Waals surface area contributed by atoms with Crippen molar-refractivity contribution in [3.63, 3.8) is 0 Å². The van der Waals surface area contributed by atoms with Crippen molar-refractivity contribution >= 4 is 27.6 Å². The maximum absolute atomic E-state index is 14.4. The summed E-state index contributed by atoms with van der Waals surface area (Å²) in [6.07, 6.45) is 0.377. The lowest BCUT2D eigenvalue weighted by Crippen LogP contribution is -2.48. The maximum Gasteiger partial charge on any atom is 0.309 e. The Morgan fingerprint density at radius 1 is 0.977 bits per heavy atom. The van der Waals surface area contributed by atoms with Crippen LogP contribution in [-0.4, -0.2) is 46.6 Å². The monoisotopic (exact) mass is 602 g/mol. The van der Waals surface area contributed by atoms with Gasteiger partial charge in [-0.2, -0.15) is 0 Å². The molecule has 1 atom stereocenters. The molecule has 0 aliphatic carbocycles. The molecule has 1 N–H and O–H groups in total. The number of esters is 1. The molecule has 0 radical (unpaired) electrons. The highest BCUT2D eigenvalue weighted by molar-refractivity contribution is 7.93. The van der Waals surface area contributed by atoms with Crippen LogP contribution in [0.15, 0.2) is 95.9 Å². The summed E-state index contributed by atoms with van der Waals surface area (Å²) in [6, 6.07) is 23.8. The quantitative estimate of drug-likeness (QED) is 0.206. The fourth-order valence-corrected chi connectivity index (χ4v) is 6.69. The van der Waals surface area contributed by atoms with Crippen LogP contribution in [0.25, 0.3) is 11.1 Å². The molecule has 1 amide bonds. The van der Waals surface area contributed by atoms with Crippen molar-refractivity contribution in [3.05, 3.63) is 114 Å². The van der Waals surface area contributed by atoms with E-state index in [9.17, 15) is 22.4 Å². The molecule has 0 saturated carbocycles. The maximum atomic E-state index is 14.4. The topological polar surface area (TPSA) is 102 Å². The average Bonchev–Trinajstić information content (AvgIpc) is 3.42. The van der Waals surface area contributed by atoms with Gasteiger partial charge in [0.05, 0.1) is 30.7 Å². The highest BCUT2D eigenvalue weighted by Crippen LogP contribution is 2.37. The second-order valence-electron chi connectivity index (χ2n) is 10.2. The molecule has 0 spiro atoms. The summed E-state index contributed by atoms with van der Waals surface area (Å²) in [5.74, 6) is -0.619. The van der Waals surface area contributed by atoms with Gasteiger partial charge in [-0.3, -0.25) is 13.9 Å². The zero-order chi connectivity index (χ0) is 30.6. The predicted octanol–water partition coefficient (Wildman–Crippen LogP) is 4.83. The molecule has 1 aliphatic heterocycles. The van der Waals surface area contributed by atoms with Gasteiger partial charge in [0.2, 0.25) is 5.91 Å². The number of anilines is 1. The molecule has 43 heavy (non-hydrogen) atoms. The summed E-state index contributed by atoms with van der Waals surface area (Å²) in [6.45, 7) is 2.17. The molecule has 0 saturated heterocycles. The average molecular weight is 603 g/mol. The lowest BCUT2D eigenvalue weighted by molar-refractivity contribution is -0.139. The van der Waals surface area contributed by atoms with Gasteiger partial charge in [0.25, 0.3) is 10.0 Å². The molecule has 0 fully saturated rings. The van der Waals surface area contributed by atoms with Gasteiger partial charge in [-0.1, -0.05) is 54.1 Å². The van der Waals surface area contributed by atoms with Crippen molar-refractivity contribution in [2.24, 2.45) is 0 Å². The van der Waals surface area contributed by atoms with Gasteiger partial charge in [-0.15, -0.1) is 0 Å². The summed E-state index contributed by atoms with van der Waals surface area (Å²) in [4.78, 5) is 24.8. The number of sulfonamides is 1. The Bertz CT molecular complexity index is 1740. The van der Waals surface area contributed by atoms with Gasteiger partial charge in [-0.25, -0.2) is 12.8 Å². The van der Waals surface area contributed by atoms with Gasteiger partial charge in [0, 0.05) is 12.0 Å². The molecule has 222 valence electrons. The molecule has 4 aromatic carbocycles. The summed E-state index contributed by atoms with van der Waals surface area (Å²) < 4.78 is 53.8. The van der Waals surface area contributed by atoms with Crippen molar-refractivity contribution in [1.82, 2.24) is 5.32 Å². The predicted molar refractivity (Wildman–Crippen MR) is 161 cm³/mol. The SMILES string of the molecule is COC(=O)Cc1ccc(OCCNC(=O)[C@@H]2Cc3ccccc3N2S(=O)(=O)c2ccc(-c3cc(C)ccc3F)cc2)cc1. The smallest absolute Gasteiger partial charge is 0.309 e. The molecule has 0 bridgehead atoms. The normalized spacial score (nSPS) is 14.2. The van der Waals surface area contributed by atoms with Gasteiger partial charge < -0.3 is 14.8 Å². The van der Waals surface area contributed by atoms with E-state index in [1.807, 2.05) is 13.0 Å². The molecule has 8 nitrogen and oxygen atoms in total. The Hall–Kier alpha value is -4.70. The Balaban J connectivity index is 1.28. The zero-order valence-electron chi connectivity index (χ0n) is 23.7. The van der Waals surface area contributed by atoms with Crippen LogP contribution >= 0.6 is 0 Å². The van der Waals surface area contributed by atoms with Gasteiger partial charge in [-0.05, 0) is 66.1 Å². The van der Waals surface area contributed by atoms with Crippen LogP contribution in [0.3, 0.4) is 0 Å². The summed E-state index contributed by atoms with van der Waals surface area (Å²) >= 11 is 0. The van der Waals surface area contributed by atoms with Crippen molar-refractivity contribution in [2.45, 2.75) is 30.7 Å². The molecule has 0 unspecified atom stereocenters. The van der Waals surface area contributed by atoms with Crippen LogP contribution < -0.4 is 14.4 Å². The minimum absolute atomic E-state index is 0.00204. The summed E-state index contributed by atoms with van der Waals surface area (Å²) in [7, 11) is -2.80. The van der Waals surface area contributed by atoms with Gasteiger partial charge >= 0.3 is 5.97 Å². The van der Waals surface area contributed by atoms with E-state index in [-0.39, 0.29) is 36.9 Å². The van der Waals surface area contributed by atoms with Crippen LogP contribution in [0.4, 0.5) is 10.1 Å². The van der Waals surface area contributed by atoms with Crippen molar-refractivity contribution in [1.29, 1.82) is 0 Å². The van der Waals surface area contributed by atoms with Crippen molar-refractivity contribution < 1.29 is 31.9 Å². The van der Waals surface area contributed by atoms with Crippen molar-refractivity contribution in [3.8, 4) is 16.9 Å². The Morgan fingerprint density at radius 2 is 1.70 bits per heavy atom. The third kappa shape index (κ3) is 6.54. The van der Waals surface area contributed by atoms with Gasteiger partial charge in [0.1, 0.15) is 24.2 Å². The number of fused-ring (bicyclic) bond motifs is 1. The number of hydrogen-bond acceptors (Lipinski definition) is 6. The number of aryl methyl sites for hydroxylation is 1. The molecule has 1 aliphatic rings. The highest BCUT2D eigenvalue weighted by Gasteiger charge is 2.42. The highest BCUT2D eigenvalue weighted by atomic mass is 32.2. The van der Waals surface area contributed by atoms with Crippen LogP contribution in [0.2, 0.25) is 0 Å². The molecule has 0 aromatic heterocycles.